The molecule has 0 aliphatic rings. The lowest BCUT2D eigenvalue weighted by Gasteiger charge is -2.11. The Balaban J connectivity index is 2.24. The lowest BCUT2D eigenvalue weighted by atomic mass is 10.1. The number of para-hydroxylation sites is 2. The third-order valence-corrected chi connectivity index (χ3v) is 3.53. The van der Waals surface area contributed by atoms with Crippen LogP contribution in [0, 0.1) is 0 Å². The average Bonchev–Trinajstić information content (AvgIpc) is 2.92. The van der Waals surface area contributed by atoms with E-state index in [2.05, 4.69) is 4.98 Å². The van der Waals surface area contributed by atoms with Gasteiger partial charge in [-0.25, -0.2) is 4.98 Å². The summed E-state index contributed by atoms with van der Waals surface area (Å²) < 4.78 is 1.47. The van der Waals surface area contributed by atoms with Crippen molar-refractivity contribution in [3.05, 3.63) is 65.5 Å². The summed E-state index contributed by atoms with van der Waals surface area (Å²) in [5.74, 6) is -1.18. The van der Waals surface area contributed by atoms with Crippen LogP contribution < -0.4 is 5.11 Å². The molecule has 110 valence electrons. The molecule has 1 heterocycles. The highest BCUT2D eigenvalue weighted by Gasteiger charge is 2.19. The molecule has 0 bridgehead atoms. The number of hydrogen-bond acceptors (Lipinski definition) is 4. The van der Waals surface area contributed by atoms with Gasteiger partial charge in [0.05, 0.1) is 17.0 Å². The molecule has 5 nitrogen and oxygen atoms in total. The van der Waals surface area contributed by atoms with Crippen LogP contribution >= 0.6 is 0 Å². The summed E-state index contributed by atoms with van der Waals surface area (Å²) in [5, 5.41) is 11.2. The molecule has 1 aromatic heterocycles. The molecule has 0 amide bonds. The molecule has 0 unspecified atom stereocenters. The Kier molecular flexibility index (Phi) is 3.47. The number of carbonyl (C=O) groups is 2. The van der Waals surface area contributed by atoms with Crippen LogP contribution in [0.15, 0.2) is 48.5 Å². The molecule has 0 aliphatic heterocycles. The molecule has 0 fully saturated rings. The predicted octanol–water partition coefficient (Wildman–Crippen LogP) is 1.65. The van der Waals surface area contributed by atoms with Gasteiger partial charge in [-0.05, 0) is 18.2 Å². The SMILES string of the molecule is CCc1nc2ccccc2n1C(=O)c1ccccc1C(=O)[O-]. The summed E-state index contributed by atoms with van der Waals surface area (Å²) in [6.45, 7) is 1.90. The van der Waals surface area contributed by atoms with Gasteiger partial charge < -0.3 is 9.90 Å². The van der Waals surface area contributed by atoms with Crippen molar-refractivity contribution in [3.8, 4) is 0 Å². The number of hydrogen-bond donors (Lipinski definition) is 0. The summed E-state index contributed by atoms with van der Waals surface area (Å²) in [7, 11) is 0. The molecular weight excluding hydrogens is 280 g/mol. The maximum absolute atomic E-state index is 12.9. The van der Waals surface area contributed by atoms with Crippen molar-refractivity contribution in [2.75, 3.05) is 0 Å². The van der Waals surface area contributed by atoms with Crippen LogP contribution in [0.2, 0.25) is 0 Å². The summed E-state index contributed by atoms with van der Waals surface area (Å²) in [5.41, 5.74) is 1.35. The summed E-state index contributed by atoms with van der Waals surface area (Å²) >= 11 is 0. The Morgan fingerprint density at radius 1 is 1.05 bits per heavy atom. The number of rotatable bonds is 3. The molecule has 0 atom stereocenters. The van der Waals surface area contributed by atoms with Crippen molar-refractivity contribution in [1.29, 1.82) is 0 Å². The minimum atomic E-state index is -1.37. The third-order valence-electron chi connectivity index (χ3n) is 3.53. The van der Waals surface area contributed by atoms with E-state index in [0.717, 1.165) is 0 Å². The average molecular weight is 293 g/mol. The van der Waals surface area contributed by atoms with Gasteiger partial charge in [-0.2, -0.15) is 0 Å². The molecule has 0 N–H and O–H groups in total. The first-order valence-corrected chi connectivity index (χ1v) is 6.95. The molecule has 2 aromatic carbocycles. The zero-order valence-corrected chi connectivity index (χ0v) is 11.9. The van der Waals surface area contributed by atoms with Crippen LogP contribution in [0.25, 0.3) is 11.0 Å². The fourth-order valence-electron chi connectivity index (χ4n) is 2.51. The van der Waals surface area contributed by atoms with Gasteiger partial charge in [0, 0.05) is 17.5 Å². The number of aromatic carboxylic acids is 1. The number of nitrogens with zero attached hydrogens (tertiary/aromatic N) is 2. The van der Waals surface area contributed by atoms with E-state index in [0.29, 0.717) is 23.3 Å². The first kappa shape index (κ1) is 14.0. The normalized spacial score (nSPS) is 10.8. The first-order chi connectivity index (χ1) is 10.6. The highest BCUT2D eigenvalue weighted by atomic mass is 16.4. The number of benzene rings is 2. The Morgan fingerprint density at radius 2 is 1.68 bits per heavy atom. The second kappa shape index (κ2) is 5.44. The van der Waals surface area contributed by atoms with Crippen LogP contribution in [0.5, 0.6) is 0 Å². The smallest absolute Gasteiger partial charge is 0.264 e. The Morgan fingerprint density at radius 3 is 2.36 bits per heavy atom. The van der Waals surface area contributed by atoms with Gasteiger partial charge in [0.25, 0.3) is 5.91 Å². The van der Waals surface area contributed by atoms with Gasteiger partial charge in [-0.3, -0.25) is 9.36 Å². The lowest BCUT2D eigenvalue weighted by Crippen LogP contribution is -2.26. The number of aromatic nitrogens is 2. The van der Waals surface area contributed by atoms with Crippen LogP contribution in [0.1, 0.15) is 33.5 Å². The number of imidazole rings is 1. The van der Waals surface area contributed by atoms with E-state index in [1.165, 1.54) is 16.7 Å². The predicted molar refractivity (Wildman–Crippen MR) is 79.6 cm³/mol. The highest BCUT2D eigenvalue weighted by Crippen LogP contribution is 2.20. The molecule has 3 rings (SSSR count). The van der Waals surface area contributed by atoms with Crippen molar-refractivity contribution in [1.82, 2.24) is 9.55 Å². The Bertz CT molecular complexity index is 880. The zero-order chi connectivity index (χ0) is 15.7. The van der Waals surface area contributed by atoms with E-state index < -0.39 is 11.9 Å². The standard InChI is InChI=1S/C17H14N2O3/c1-2-15-18-13-9-5-6-10-14(13)19(15)16(20)11-7-3-4-8-12(11)17(21)22/h3-10H,2H2,1H3,(H,21,22)/p-1. The Hall–Kier alpha value is -2.95. The monoisotopic (exact) mass is 293 g/mol. The van der Waals surface area contributed by atoms with Gasteiger partial charge >= 0.3 is 0 Å². The second-order valence-corrected chi connectivity index (χ2v) is 4.84. The molecule has 5 heteroatoms. The first-order valence-electron chi connectivity index (χ1n) is 6.95. The van der Waals surface area contributed by atoms with Crippen LogP contribution in [0.4, 0.5) is 0 Å². The summed E-state index contributed by atoms with van der Waals surface area (Å²) in [6.07, 6.45) is 0.563. The van der Waals surface area contributed by atoms with Crippen LogP contribution in [0.3, 0.4) is 0 Å². The van der Waals surface area contributed by atoms with Crippen LogP contribution in [-0.2, 0) is 6.42 Å². The van der Waals surface area contributed by atoms with Crippen molar-refractivity contribution in [3.63, 3.8) is 0 Å². The van der Waals surface area contributed by atoms with E-state index in [-0.39, 0.29) is 11.1 Å². The number of aryl methyl sites for hydroxylation is 1. The van der Waals surface area contributed by atoms with E-state index in [9.17, 15) is 14.7 Å². The molecule has 0 radical (unpaired) electrons. The molecule has 22 heavy (non-hydrogen) atoms. The fraction of sp³-hybridized carbons (Fsp3) is 0.118. The van der Waals surface area contributed by atoms with Crippen molar-refractivity contribution >= 4 is 22.9 Å². The largest absolute Gasteiger partial charge is 0.545 e. The Labute approximate surface area is 126 Å². The van der Waals surface area contributed by atoms with Gasteiger partial charge in [0.2, 0.25) is 0 Å². The number of fused-ring (bicyclic) bond motifs is 1. The maximum Gasteiger partial charge on any atom is 0.264 e. The van der Waals surface area contributed by atoms with Crippen molar-refractivity contribution in [2.45, 2.75) is 13.3 Å². The quantitative estimate of drug-likeness (QED) is 0.736. The van der Waals surface area contributed by atoms with E-state index in [1.807, 2.05) is 25.1 Å². The molecule has 3 aromatic rings. The molecular formula is C17H13N2O3-. The number of carboxylic acids is 1. The fourth-order valence-corrected chi connectivity index (χ4v) is 2.51. The van der Waals surface area contributed by atoms with Crippen LogP contribution in [-0.4, -0.2) is 21.4 Å². The van der Waals surface area contributed by atoms with E-state index in [1.54, 1.807) is 18.2 Å². The molecule has 0 spiro atoms. The van der Waals surface area contributed by atoms with Gasteiger partial charge in [-0.15, -0.1) is 0 Å². The van der Waals surface area contributed by atoms with E-state index >= 15 is 0 Å². The number of carboxylic acid groups (broad SMARTS) is 1. The molecule has 0 saturated heterocycles. The van der Waals surface area contributed by atoms with Gasteiger partial charge in [0.1, 0.15) is 5.82 Å². The third kappa shape index (κ3) is 2.16. The van der Waals surface area contributed by atoms with Gasteiger partial charge in [0.15, 0.2) is 0 Å². The zero-order valence-electron chi connectivity index (χ0n) is 11.9. The highest BCUT2D eigenvalue weighted by molar-refractivity contribution is 6.08. The van der Waals surface area contributed by atoms with Crippen molar-refractivity contribution < 1.29 is 14.7 Å². The minimum absolute atomic E-state index is 0.0975. The molecule has 0 saturated carbocycles. The second-order valence-electron chi connectivity index (χ2n) is 4.84. The number of carbonyl (C=O) groups excluding carboxylic acids is 2. The van der Waals surface area contributed by atoms with Gasteiger partial charge in [-0.1, -0.05) is 37.3 Å². The van der Waals surface area contributed by atoms with E-state index in [4.69, 9.17) is 0 Å². The minimum Gasteiger partial charge on any atom is -0.545 e. The summed E-state index contributed by atoms with van der Waals surface area (Å²) in [4.78, 5) is 28.5. The maximum atomic E-state index is 12.9. The molecule has 0 aliphatic carbocycles. The lowest BCUT2D eigenvalue weighted by molar-refractivity contribution is -0.255. The summed E-state index contributed by atoms with van der Waals surface area (Å²) in [6, 6.07) is 13.3. The topological polar surface area (TPSA) is 75.0 Å². The van der Waals surface area contributed by atoms with Crippen molar-refractivity contribution in [2.24, 2.45) is 0 Å².